The SMILES string of the molecule is CCCc1ccccc1OCCNC(=O)/C=C/c1ccc(OC)c(OC)c1. The van der Waals surface area contributed by atoms with Crippen LogP contribution in [0.5, 0.6) is 17.2 Å². The van der Waals surface area contributed by atoms with Gasteiger partial charge in [0.15, 0.2) is 11.5 Å². The van der Waals surface area contributed by atoms with Gasteiger partial charge in [0.2, 0.25) is 5.91 Å². The third-order valence-electron chi connectivity index (χ3n) is 3.99. The molecule has 27 heavy (non-hydrogen) atoms. The van der Waals surface area contributed by atoms with Crippen molar-refractivity contribution < 1.29 is 19.0 Å². The molecule has 5 nitrogen and oxygen atoms in total. The first-order chi connectivity index (χ1) is 13.2. The Kier molecular flexibility index (Phi) is 8.23. The molecule has 0 aliphatic rings. The molecule has 2 aromatic carbocycles. The predicted octanol–water partition coefficient (Wildman–Crippen LogP) is 3.86. The van der Waals surface area contributed by atoms with E-state index in [1.165, 1.54) is 11.6 Å². The van der Waals surface area contributed by atoms with Gasteiger partial charge < -0.3 is 19.5 Å². The molecule has 0 radical (unpaired) electrons. The molecule has 0 fully saturated rings. The molecule has 1 N–H and O–H groups in total. The molecule has 2 rings (SSSR count). The molecule has 2 aromatic rings. The Morgan fingerprint density at radius 1 is 1.04 bits per heavy atom. The van der Waals surface area contributed by atoms with Crippen molar-refractivity contribution in [1.82, 2.24) is 5.32 Å². The van der Waals surface area contributed by atoms with Gasteiger partial charge in [-0.2, -0.15) is 0 Å². The smallest absolute Gasteiger partial charge is 0.244 e. The Labute approximate surface area is 161 Å². The molecule has 0 bridgehead atoms. The molecular formula is C22H27NO4. The standard InChI is InChI=1S/C22H27NO4/c1-4-7-18-8-5-6-9-19(18)27-15-14-23-22(24)13-11-17-10-12-20(25-2)21(16-17)26-3/h5-6,8-13,16H,4,7,14-15H2,1-3H3,(H,23,24)/b13-11+. The molecule has 0 aliphatic heterocycles. The van der Waals surface area contributed by atoms with Gasteiger partial charge in [-0.05, 0) is 41.8 Å². The topological polar surface area (TPSA) is 56.8 Å². The third-order valence-corrected chi connectivity index (χ3v) is 3.99. The number of carbonyl (C=O) groups is 1. The highest BCUT2D eigenvalue weighted by Gasteiger charge is 2.04. The second-order valence-electron chi connectivity index (χ2n) is 5.94. The molecule has 0 unspecified atom stereocenters. The summed E-state index contributed by atoms with van der Waals surface area (Å²) in [5, 5.41) is 2.82. The Morgan fingerprint density at radius 2 is 1.81 bits per heavy atom. The number of aryl methyl sites for hydroxylation is 1. The first-order valence-corrected chi connectivity index (χ1v) is 9.06. The third kappa shape index (κ3) is 6.37. The van der Waals surface area contributed by atoms with Gasteiger partial charge >= 0.3 is 0 Å². The van der Waals surface area contributed by atoms with E-state index in [1.807, 2.05) is 30.3 Å². The highest BCUT2D eigenvalue weighted by molar-refractivity contribution is 5.91. The van der Waals surface area contributed by atoms with E-state index >= 15 is 0 Å². The Morgan fingerprint density at radius 3 is 2.56 bits per heavy atom. The minimum Gasteiger partial charge on any atom is -0.493 e. The van der Waals surface area contributed by atoms with Gasteiger partial charge in [0, 0.05) is 6.08 Å². The van der Waals surface area contributed by atoms with Crippen LogP contribution in [0.25, 0.3) is 6.08 Å². The lowest BCUT2D eigenvalue weighted by Crippen LogP contribution is -2.26. The van der Waals surface area contributed by atoms with Crippen molar-refractivity contribution in [3.8, 4) is 17.2 Å². The molecule has 5 heteroatoms. The fourth-order valence-electron chi connectivity index (χ4n) is 2.64. The number of ether oxygens (including phenoxy) is 3. The Balaban J connectivity index is 1.80. The van der Waals surface area contributed by atoms with Crippen molar-refractivity contribution in [2.45, 2.75) is 19.8 Å². The maximum absolute atomic E-state index is 12.0. The predicted molar refractivity (Wildman–Crippen MR) is 108 cm³/mol. The maximum atomic E-state index is 12.0. The number of para-hydroxylation sites is 1. The zero-order valence-electron chi connectivity index (χ0n) is 16.2. The Bertz CT molecular complexity index is 771. The van der Waals surface area contributed by atoms with Gasteiger partial charge in [0.25, 0.3) is 0 Å². The lowest BCUT2D eigenvalue weighted by molar-refractivity contribution is -0.116. The monoisotopic (exact) mass is 369 g/mol. The average molecular weight is 369 g/mol. The number of rotatable bonds is 10. The van der Waals surface area contributed by atoms with Crippen molar-refractivity contribution >= 4 is 12.0 Å². The summed E-state index contributed by atoms with van der Waals surface area (Å²) in [6.45, 7) is 3.01. The van der Waals surface area contributed by atoms with Gasteiger partial charge in [0.1, 0.15) is 12.4 Å². The Hall–Kier alpha value is -2.95. The summed E-state index contributed by atoms with van der Waals surface area (Å²) in [6.07, 6.45) is 5.27. The van der Waals surface area contributed by atoms with Crippen LogP contribution in [-0.2, 0) is 11.2 Å². The zero-order chi connectivity index (χ0) is 19.5. The fourth-order valence-corrected chi connectivity index (χ4v) is 2.64. The highest BCUT2D eigenvalue weighted by Crippen LogP contribution is 2.27. The summed E-state index contributed by atoms with van der Waals surface area (Å²) in [4.78, 5) is 12.0. The van der Waals surface area contributed by atoms with Crippen LogP contribution in [0, 0.1) is 0 Å². The summed E-state index contributed by atoms with van der Waals surface area (Å²) < 4.78 is 16.2. The minimum atomic E-state index is -0.171. The minimum absolute atomic E-state index is 0.171. The van der Waals surface area contributed by atoms with Crippen LogP contribution >= 0.6 is 0 Å². The molecule has 0 spiro atoms. The molecule has 1 amide bonds. The van der Waals surface area contributed by atoms with Crippen LogP contribution in [0.15, 0.2) is 48.5 Å². The van der Waals surface area contributed by atoms with E-state index < -0.39 is 0 Å². The van der Waals surface area contributed by atoms with Crippen LogP contribution in [0.2, 0.25) is 0 Å². The second kappa shape index (κ2) is 10.9. The average Bonchev–Trinajstić information content (AvgIpc) is 2.70. The maximum Gasteiger partial charge on any atom is 0.244 e. The lowest BCUT2D eigenvalue weighted by atomic mass is 10.1. The summed E-state index contributed by atoms with van der Waals surface area (Å²) in [6, 6.07) is 13.5. The zero-order valence-corrected chi connectivity index (χ0v) is 16.2. The highest BCUT2D eigenvalue weighted by atomic mass is 16.5. The molecule has 0 atom stereocenters. The van der Waals surface area contributed by atoms with E-state index in [0.717, 1.165) is 24.2 Å². The molecule has 0 aromatic heterocycles. The quantitative estimate of drug-likeness (QED) is 0.510. The van der Waals surface area contributed by atoms with E-state index in [0.29, 0.717) is 24.7 Å². The number of methoxy groups -OCH3 is 2. The van der Waals surface area contributed by atoms with Gasteiger partial charge in [0.05, 0.1) is 20.8 Å². The number of benzene rings is 2. The number of hydrogen-bond donors (Lipinski definition) is 1. The van der Waals surface area contributed by atoms with E-state index in [2.05, 4.69) is 18.3 Å². The molecule has 0 heterocycles. The van der Waals surface area contributed by atoms with Crippen molar-refractivity contribution in [2.24, 2.45) is 0 Å². The van der Waals surface area contributed by atoms with Crippen molar-refractivity contribution in [1.29, 1.82) is 0 Å². The number of carbonyl (C=O) groups excluding carboxylic acids is 1. The molecule has 0 saturated carbocycles. The van der Waals surface area contributed by atoms with Gasteiger partial charge in [-0.25, -0.2) is 0 Å². The van der Waals surface area contributed by atoms with Gasteiger partial charge in [-0.15, -0.1) is 0 Å². The summed E-state index contributed by atoms with van der Waals surface area (Å²) >= 11 is 0. The number of nitrogens with one attached hydrogen (secondary N) is 1. The fraction of sp³-hybridized carbons (Fsp3) is 0.318. The summed E-state index contributed by atoms with van der Waals surface area (Å²) in [7, 11) is 3.17. The molecule has 0 aliphatic carbocycles. The number of amides is 1. The van der Waals surface area contributed by atoms with Crippen LogP contribution in [0.4, 0.5) is 0 Å². The van der Waals surface area contributed by atoms with Crippen molar-refractivity contribution in [3.63, 3.8) is 0 Å². The van der Waals surface area contributed by atoms with Gasteiger partial charge in [-0.1, -0.05) is 37.6 Å². The van der Waals surface area contributed by atoms with Crippen molar-refractivity contribution in [3.05, 3.63) is 59.7 Å². The second-order valence-corrected chi connectivity index (χ2v) is 5.94. The van der Waals surface area contributed by atoms with E-state index in [-0.39, 0.29) is 5.91 Å². The van der Waals surface area contributed by atoms with Gasteiger partial charge in [-0.3, -0.25) is 4.79 Å². The molecule has 144 valence electrons. The van der Waals surface area contributed by atoms with Crippen molar-refractivity contribution in [2.75, 3.05) is 27.4 Å². The summed E-state index contributed by atoms with van der Waals surface area (Å²) in [5.74, 6) is 1.99. The van der Waals surface area contributed by atoms with Crippen LogP contribution in [0.1, 0.15) is 24.5 Å². The van der Waals surface area contributed by atoms with E-state index in [4.69, 9.17) is 14.2 Å². The largest absolute Gasteiger partial charge is 0.493 e. The van der Waals surface area contributed by atoms with Crippen LogP contribution < -0.4 is 19.5 Å². The van der Waals surface area contributed by atoms with E-state index in [9.17, 15) is 4.79 Å². The van der Waals surface area contributed by atoms with Crippen LogP contribution in [0.3, 0.4) is 0 Å². The lowest BCUT2D eigenvalue weighted by Gasteiger charge is -2.11. The molecule has 0 saturated heterocycles. The summed E-state index contributed by atoms with van der Waals surface area (Å²) in [5.41, 5.74) is 2.05. The van der Waals surface area contributed by atoms with Crippen LogP contribution in [-0.4, -0.2) is 33.3 Å². The normalized spacial score (nSPS) is 10.6. The van der Waals surface area contributed by atoms with E-state index in [1.54, 1.807) is 26.4 Å². The number of hydrogen-bond acceptors (Lipinski definition) is 4. The molecular weight excluding hydrogens is 342 g/mol. The first-order valence-electron chi connectivity index (χ1n) is 9.06. The first kappa shape index (κ1) is 20.4.